The molecule has 0 unspecified atom stereocenters. The van der Waals surface area contributed by atoms with Crippen LogP contribution in [0.5, 0.6) is 5.75 Å². The molecule has 4 aromatic carbocycles. The molecular weight excluding hydrogens is 416 g/mol. The Labute approximate surface area is 190 Å². The first kappa shape index (κ1) is 20.0. The predicted octanol–water partition coefficient (Wildman–Crippen LogP) is 6.79. The number of thiazole rings is 1. The number of nitrogens with zero attached hydrogens (tertiary/aromatic N) is 1. The molecular formula is C27H20N2O2S. The highest BCUT2D eigenvalue weighted by atomic mass is 32.1. The summed E-state index contributed by atoms with van der Waals surface area (Å²) in [6.45, 7) is 0.451. The number of aromatic nitrogens is 1. The summed E-state index contributed by atoms with van der Waals surface area (Å²) in [5, 5.41) is 3.92. The first-order valence-electron chi connectivity index (χ1n) is 10.3. The van der Waals surface area contributed by atoms with Gasteiger partial charge in [-0.25, -0.2) is 4.98 Å². The highest BCUT2D eigenvalue weighted by Crippen LogP contribution is 2.34. The number of para-hydroxylation sites is 2. The molecule has 0 radical (unpaired) electrons. The highest BCUT2D eigenvalue weighted by Gasteiger charge is 2.14. The number of carbonyl (C=O) groups excluding carboxylic acids is 1. The summed E-state index contributed by atoms with van der Waals surface area (Å²) in [5.41, 5.74) is 4.20. The zero-order valence-corrected chi connectivity index (χ0v) is 18.0. The average Bonchev–Trinajstić information content (AvgIpc) is 3.28. The van der Waals surface area contributed by atoms with Gasteiger partial charge >= 0.3 is 0 Å². The Morgan fingerprint density at radius 2 is 1.62 bits per heavy atom. The zero-order chi connectivity index (χ0) is 21.8. The van der Waals surface area contributed by atoms with Crippen LogP contribution in [0.2, 0.25) is 0 Å². The number of nitrogens with one attached hydrogen (secondary N) is 1. The van der Waals surface area contributed by atoms with Crippen LogP contribution in [0, 0.1) is 0 Å². The third-order valence-corrected chi connectivity index (χ3v) is 6.11. The van der Waals surface area contributed by atoms with Crippen LogP contribution < -0.4 is 10.1 Å². The number of fused-ring (bicyclic) bond motifs is 1. The molecule has 0 spiro atoms. The van der Waals surface area contributed by atoms with Gasteiger partial charge in [0, 0.05) is 11.1 Å². The molecule has 1 N–H and O–H groups in total. The summed E-state index contributed by atoms with van der Waals surface area (Å²) in [6, 6.07) is 33.0. The van der Waals surface area contributed by atoms with E-state index in [1.54, 1.807) is 23.5 Å². The van der Waals surface area contributed by atoms with Gasteiger partial charge in [-0.3, -0.25) is 4.79 Å². The van der Waals surface area contributed by atoms with Crippen LogP contribution in [0.3, 0.4) is 0 Å². The van der Waals surface area contributed by atoms with E-state index < -0.39 is 0 Å². The minimum Gasteiger partial charge on any atom is -0.489 e. The Bertz CT molecular complexity index is 1350. The average molecular weight is 437 g/mol. The van der Waals surface area contributed by atoms with Crippen molar-refractivity contribution in [2.24, 2.45) is 0 Å². The van der Waals surface area contributed by atoms with Crippen molar-refractivity contribution in [3.63, 3.8) is 0 Å². The van der Waals surface area contributed by atoms with Crippen LogP contribution in [-0.2, 0) is 6.61 Å². The van der Waals surface area contributed by atoms with Gasteiger partial charge in [0.15, 0.2) is 0 Å². The lowest BCUT2D eigenvalue weighted by molar-refractivity contribution is 0.102. The lowest BCUT2D eigenvalue weighted by Gasteiger charge is -2.11. The SMILES string of the molecule is O=C(Nc1ccccc1-c1nc2ccccc2s1)c1cccc(OCc2ccccc2)c1. The molecule has 0 bridgehead atoms. The Balaban J connectivity index is 1.35. The van der Waals surface area contributed by atoms with Gasteiger partial charge < -0.3 is 10.1 Å². The minimum atomic E-state index is -0.191. The van der Waals surface area contributed by atoms with Crippen LogP contribution in [0.15, 0.2) is 103 Å². The third kappa shape index (κ3) is 4.38. The largest absolute Gasteiger partial charge is 0.489 e. The van der Waals surface area contributed by atoms with E-state index in [9.17, 15) is 4.79 Å². The number of hydrogen-bond donors (Lipinski definition) is 1. The van der Waals surface area contributed by atoms with Crippen molar-refractivity contribution in [3.8, 4) is 16.3 Å². The zero-order valence-electron chi connectivity index (χ0n) is 17.2. The Kier molecular flexibility index (Phi) is 5.64. The standard InChI is InChI=1S/C27H20N2O2S/c30-26(20-11-8-12-21(17-20)31-18-19-9-2-1-3-10-19)28-23-14-5-4-13-22(23)27-29-24-15-6-7-16-25(24)32-27/h1-17H,18H2,(H,28,30). The maximum Gasteiger partial charge on any atom is 0.255 e. The van der Waals surface area contributed by atoms with E-state index in [-0.39, 0.29) is 5.91 Å². The topological polar surface area (TPSA) is 51.2 Å². The smallest absolute Gasteiger partial charge is 0.255 e. The summed E-state index contributed by atoms with van der Waals surface area (Å²) < 4.78 is 6.99. The van der Waals surface area contributed by atoms with Crippen molar-refractivity contribution in [3.05, 3.63) is 114 Å². The molecule has 0 fully saturated rings. The maximum atomic E-state index is 13.0. The molecule has 1 heterocycles. The van der Waals surface area contributed by atoms with Crippen molar-refractivity contribution in [1.82, 2.24) is 4.98 Å². The second-order valence-corrected chi connectivity index (χ2v) is 8.32. The first-order valence-corrected chi connectivity index (χ1v) is 11.1. The molecule has 0 aliphatic rings. The van der Waals surface area contributed by atoms with E-state index >= 15 is 0 Å². The molecule has 0 saturated carbocycles. The van der Waals surface area contributed by atoms with Gasteiger partial charge in [-0.1, -0.05) is 60.7 Å². The van der Waals surface area contributed by atoms with Gasteiger partial charge in [0.2, 0.25) is 0 Å². The fourth-order valence-electron chi connectivity index (χ4n) is 3.43. The predicted molar refractivity (Wildman–Crippen MR) is 130 cm³/mol. The van der Waals surface area contributed by atoms with Gasteiger partial charge in [-0.2, -0.15) is 0 Å². The fourth-order valence-corrected chi connectivity index (χ4v) is 4.43. The molecule has 5 rings (SSSR count). The van der Waals surface area contributed by atoms with Gasteiger partial charge in [0.05, 0.1) is 15.9 Å². The summed E-state index contributed by atoms with van der Waals surface area (Å²) in [6.07, 6.45) is 0. The molecule has 0 aliphatic heterocycles. The summed E-state index contributed by atoms with van der Waals surface area (Å²) in [7, 11) is 0. The van der Waals surface area contributed by atoms with Gasteiger partial charge in [-0.15, -0.1) is 11.3 Å². The number of rotatable bonds is 6. The fraction of sp³-hybridized carbons (Fsp3) is 0.0370. The molecule has 0 aliphatic carbocycles. The summed E-state index contributed by atoms with van der Waals surface area (Å²) >= 11 is 1.61. The van der Waals surface area contributed by atoms with Gasteiger partial charge in [-0.05, 0) is 48.0 Å². The second kappa shape index (κ2) is 9.04. The minimum absolute atomic E-state index is 0.191. The van der Waals surface area contributed by atoms with Crippen LogP contribution in [0.25, 0.3) is 20.8 Å². The Morgan fingerprint density at radius 3 is 2.50 bits per heavy atom. The third-order valence-electron chi connectivity index (χ3n) is 5.04. The van der Waals surface area contributed by atoms with E-state index in [4.69, 9.17) is 9.72 Å². The summed E-state index contributed by atoms with van der Waals surface area (Å²) in [4.78, 5) is 17.8. The molecule has 5 heteroatoms. The number of benzene rings is 4. The van der Waals surface area contributed by atoms with E-state index in [2.05, 4.69) is 11.4 Å². The van der Waals surface area contributed by atoms with Crippen LogP contribution >= 0.6 is 11.3 Å². The lowest BCUT2D eigenvalue weighted by Crippen LogP contribution is -2.12. The van der Waals surface area contributed by atoms with Crippen LogP contribution in [-0.4, -0.2) is 10.9 Å². The van der Waals surface area contributed by atoms with Crippen molar-refractivity contribution >= 4 is 33.1 Å². The molecule has 1 amide bonds. The van der Waals surface area contributed by atoms with E-state index in [1.165, 1.54) is 0 Å². The number of amides is 1. The molecule has 0 saturated heterocycles. The number of carbonyl (C=O) groups is 1. The first-order chi connectivity index (χ1) is 15.8. The van der Waals surface area contributed by atoms with Crippen molar-refractivity contribution < 1.29 is 9.53 Å². The molecule has 32 heavy (non-hydrogen) atoms. The molecule has 156 valence electrons. The Morgan fingerprint density at radius 1 is 0.844 bits per heavy atom. The molecule has 4 nitrogen and oxygen atoms in total. The van der Waals surface area contributed by atoms with Crippen molar-refractivity contribution in [1.29, 1.82) is 0 Å². The molecule has 0 atom stereocenters. The monoisotopic (exact) mass is 436 g/mol. The van der Waals surface area contributed by atoms with E-state index in [0.29, 0.717) is 17.9 Å². The molecule has 5 aromatic rings. The van der Waals surface area contributed by atoms with Gasteiger partial charge in [0.1, 0.15) is 17.4 Å². The normalized spacial score (nSPS) is 10.8. The van der Waals surface area contributed by atoms with Crippen molar-refractivity contribution in [2.45, 2.75) is 6.61 Å². The number of hydrogen-bond acceptors (Lipinski definition) is 4. The van der Waals surface area contributed by atoms with E-state index in [1.807, 2.05) is 84.9 Å². The summed E-state index contributed by atoms with van der Waals surface area (Å²) in [5.74, 6) is 0.463. The Hall–Kier alpha value is -3.96. The maximum absolute atomic E-state index is 13.0. The number of anilines is 1. The number of ether oxygens (including phenoxy) is 1. The van der Waals surface area contributed by atoms with Gasteiger partial charge in [0.25, 0.3) is 5.91 Å². The lowest BCUT2D eigenvalue weighted by atomic mass is 10.1. The van der Waals surface area contributed by atoms with E-state index in [0.717, 1.165) is 32.0 Å². The van der Waals surface area contributed by atoms with Crippen LogP contribution in [0.1, 0.15) is 15.9 Å². The molecule has 1 aromatic heterocycles. The highest BCUT2D eigenvalue weighted by molar-refractivity contribution is 7.21. The quantitative estimate of drug-likeness (QED) is 0.319. The van der Waals surface area contributed by atoms with Crippen LogP contribution in [0.4, 0.5) is 5.69 Å². The van der Waals surface area contributed by atoms with Crippen molar-refractivity contribution in [2.75, 3.05) is 5.32 Å². The second-order valence-electron chi connectivity index (χ2n) is 7.29.